The molecule has 2 saturated heterocycles. The van der Waals surface area contributed by atoms with Gasteiger partial charge in [0.05, 0.1) is 25.8 Å². The second-order valence-electron chi connectivity index (χ2n) is 5.12. The molecule has 1 unspecified atom stereocenters. The Morgan fingerprint density at radius 1 is 1.35 bits per heavy atom. The summed E-state index contributed by atoms with van der Waals surface area (Å²) in [5, 5.41) is 0. The summed E-state index contributed by atoms with van der Waals surface area (Å²) >= 11 is 0. The van der Waals surface area contributed by atoms with E-state index in [2.05, 4.69) is 4.90 Å². The number of nitrogens with zero attached hydrogens (tertiary/aromatic N) is 2. The molecule has 2 aliphatic heterocycles. The van der Waals surface area contributed by atoms with Crippen LogP contribution in [0.25, 0.3) is 0 Å². The molecule has 2 aliphatic rings. The molecule has 0 aliphatic carbocycles. The van der Waals surface area contributed by atoms with Crippen molar-refractivity contribution in [1.82, 2.24) is 9.80 Å². The van der Waals surface area contributed by atoms with Gasteiger partial charge in [-0.15, -0.1) is 0 Å². The summed E-state index contributed by atoms with van der Waals surface area (Å²) in [5.74, 6) is 0.233. The molecule has 2 N–H and O–H groups in total. The Bertz CT molecular complexity index is 264. The van der Waals surface area contributed by atoms with E-state index in [0.29, 0.717) is 25.8 Å². The minimum atomic E-state index is 0.211. The fourth-order valence-corrected chi connectivity index (χ4v) is 2.49. The van der Waals surface area contributed by atoms with E-state index >= 15 is 0 Å². The van der Waals surface area contributed by atoms with Crippen molar-refractivity contribution in [2.45, 2.75) is 31.8 Å². The van der Waals surface area contributed by atoms with Crippen molar-refractivity contribution in [3.8, 4) is 0 Å². The molecule has 17 heavy (non-hydrogen) atoms. The maximum atomic E-state index is 12.2. The van der Waals surface area contributed by atoms with Crippen molar-refractivity contribution in [2.24, 2.45) is 5.73 Å². The maximum Gasteiger partial charge on any atom is 0.237 e. The van der Waals surface area contributed by atoms with E-state index in [1.165, 1.54) is 0 Å². The van der Waals surface area contributed by atoms with Crippen LogP contribution in [0, 0.1) is 0 Å². The molecule has 0 aromatic carbocycles. The highest BCUT2D eigenvalue weighted by Gasteiger charge is 2.26. The van der Waals surface area contributed by atoms with E-state index in [4.69, 9.17) is 10.5 Å². The third kappa shape index (κ3) is 3.40. The van der Waals surface area contributed by atoms with Crippen molar-refractivity contribution in [1.29, 1.82) is 0 Å². The zero-order valence-electron chi connectivity index (χ0n) is 10.6. The second kappa shape index (κ2) is 5.80. The quantitative estimate of drug-likeness (QED) is 0.718. The Balaban J connectivity index is 1.79. The number of piperidine rings is 1. The van der Waals surface area contributed by atoms with E-state index in [1.807, 2.05) is 11.8 Å². The topological polar surface area (TPSA) is 58.8 Å². The van der Waals surface area contributed by atoms with E-state index < -0.39 is 0 Å². The van der Waals surface area contributed by atoms with Gasteiger partial charge in [-0.05, 0) is 19.8 Å². The molecule has 0 aromatic rings. The number of rotatable bonds is 2. The normalized spacial score (nSPS) is 28.4. The number of ether oxygens (including phenoxy) is 1. The molecular weight excluding hydrogens is 218 g/mol. The maximum absolute atomic E-state index is 12.2. The van der Waals surface area contributed by atoms with Crippen molar-refractivity contribution in [3.05, 3.63) is 0 Å². The Kier molecular flexibility index (Phi) is 4.36. The first-order valence-corrected chi connectivity index (χ1v) is 6.52. The summed E-state index contributed by atoms with van der Waals surface area (Å²) in [6.45, 7) is 6.54. The number of carbonyl (C=O) groups is 1. The zero-order valence-corrected chi connectivity index (χ0v) is 10.6. The molecule has 5 nitrogen and oxygen atoms in total. The number of carbonyl (C=O) groups excluding carboxylic acids is 1. The lowest BCUT2D eigenvalue weighted by Gasteiger charge is -2.36. The highest BCUT2D eigenvalue weighted by molar-refractivity contribution is 5.78. The van der Waals surface area contributed by atoms with Crippen LogP contribution in [0.5, 0.6) is 0 Å². The van der Waals surface area contributed by atoms with Crippen molar-refractivity contribution in [2.75, 3.05) is 39.4 Å². The number of likely N-dealkylation sites (tertiary alicyclic amines) is 1. The van der Waals surface area contributed by atoms with Gasteiger partial charge in [0.25, 0.3) is 0 Å². The minimum Gasteiger partial charge on any atom is -0.377 e. The van der Waals surface area contributed by atoms with Gasteiger partial charge in [-0.1, -0.05) is 0 Å². The fourth-order valence-electron chi connectivity index (χ4n) is 2.49. The molecule has 1 atom stereocenters. The molecule has 0 bridgehead atoms. The molecule has 0 radical (unpaired) electrons. The van der Waals surface area contributed by atoms with Gasteiger partial charge in [-0.3, -0.25) is 9.69 Å². The predicted molar refractivity (Wildman–Crippen MR) is 65.6 cm³/mol. The van der Waals surface area contributed by atoms with Gasteiger partial charge in [0.15, 0.2) is 0 Å². The third-order valence-corrected chi connectivity index (χ3v) is 3.68. The lowest BCUT2D eigenvalue weighted by molar-refractivity contribution is -0.140. The van der Waals surface area contributed by atoms with E-state index in [-0.39, 0.29) is 11.9 Å². The Morgan fingerprint density at radius 3 is 2.71 bits per heavy atom. The van der Waals surface area contributed by atoms with Crippen molar-refractivity contribution in [3.63, 3.8) is 0 Å². The lowest BCUT2D eigenvalue weighted by Crippen LogP contribution is -2.52. The van der Waals surface area contributed by atoms with E-state index in [0.717, 1.165) is 32.5 Å². The molecule has 5 heteroatoms. The number of hydrogen-bond acceptors (Lipinski definition) is 4. The molecule has 1 amide bonds. The molecule has 0 saturated carbocycles. The van der Waals surface area contributed by atoms with Crippen molar-refractivity contribution >= 4 is 5.91 Å². The number of amides is 1. The monoisotopic (exact) mass is 241 g/mol. The molecular formula is C12H23N3O2. The average Bonchev–Trinajstić information content (AvgIpc) is 2.32. The SMILES string of the molecule is CC1COCCN1C(=O)CN1CCC(N)CC1. The van der Waals surface area contributed by atoms with Gasteiger partial charge >= 0.3 is 0 Å². The van der Waals surface area contributed by atoms with Crippen LogP contribution in [0.15, 0.2) is 0 Å². The van der Waals surface area contributed by atoms with Crippen LogP contribution >= 0.6 is 0 Å². The summed E-state index contributed by atoms with van der Waals surface area (Å²) in [7, 11) is 0. The number of hydrogen-bond donors (Lipinski definition) is 1. The second-order valence-corrected chi connectivity index (χ2v) is 5.12. The molecule has 0 spiro atoms. The van der Waals surface area contributed by atoms with Crippen LogP contribution in [0.1, 0.15) is 19.8 Å². The van der Waals surface area contributed by atoms with Crippen LogP contribution in [-0.2, 0) is 9.53 Å². The van der Waals surface area contributed by atoms with E-state index in [1.54, 1.807) is 0 Å². The average molecular weight is 241 g/mol. The van der Waals surface area contributed by atoms with Gasteiger partial charge in [0.1, 0.15) is 0 Å². The first-order chi connectivity index (χ1) is 8.16. The molecule has 2 heterocycles. The predicted octanol–water partition coefficient (Wildman–Crippen LogP) is -0.343. The van der Waals surface area contributed by atoms with Crippen LogP contribution < -0.4 is 5.73 Å². The molecule has 2 rings (SSSR count). The lowest BCUT2D eigenvalue weighted by atomic mass is 10.1. The smallest absolute Gasteiger partial charge is 0.237 e. The van der Waals surface area contributed by atoms with Crippen molar-refractivity contribution < 1.29 is 9.53 Å². The van der Waals surface area contributed by atoms with Crippen LogP contribution in [-0.4, -0.2) is 67.2 Å². The largest absolute Gasteiger partial charge is 0.377 e. The molecule has 98 valence electrons. The van der Waals surface area contributed by atoms with Gasteiger partial charge in [0, 0.05) is 25.7 Å². The Morgan fingerprint density at radius 2 is 2.06 bits per heavy atom. The minimum absolute atomic E-state index is 0.211. The standard InChI is InChI=1S/C12H23N3O2/c1-10-9-17-7-6-15(10)12(16)8-14-4-2-11(13)3-5-14/h10-11H,2-9,13H2,1H3. The molecule has 0 aromatic heterocycles. The Hall–Kier alpha value is -0.650. The highest BCUT2D eigenvalue weighted by Crippen LogP contribution is 2.11. The molecule has 2 fully saturated rings. The first kappa shape index (κ1) is 12.8. The van der Waals surface area contributed by atoms with Crippen LogP contribution in [0.3, 0.4) is 0 Å². The Labute approximate surface area is 103 Å². The van der Waals surface area contributed by atoms with Gasteiger partial charge in [-0.25, -0.2) is 0 Å². The zero-order chi connectivity index (χ0) is 12.3. The summed E-state index contributed by atoms with van der Waals surface area (Å²) in [6, 6.07) is 0.534. The fraction of sp³-hybridized carbons (Fsp3) is 0.917. The first-order valence-electron chi connectivity index (χ1n) is 6.52. The van der Waals surface area contributed by atoms with Gasteiger partial charge in [-0.2, -0.15) is 0 Å². The summed E-state index contributed by atoms with van der Waals surface area (Å²) < 4.78 is 5.34. The third-order valence-electron chi connectivity index (χ3n) is 3.68. The van der Waals surface area contributed by atoms with Crippen LogP contribution in [0.4, 0.5) is 0 Å². The van der Waals surface area contributed by atoms with Crippen LogP contribution in [0.2, 0.25) is 0 Å². The number of morpholine rings is 1. The van der Waals surface area contributed by atoms with Gasteiger partial charge in [0.2, 0.25) is 5.91 Å². The van der Waals surface area contributed by atoms with Gasteiger partial charge < -0.3 is 15.4 Å². The summed E-state index contributed by atoms with van der Waals surface area (Å²) in [5.41, 5.74) is 5.85. The van der Waals surface area contributed by atoms with E-state index in [9.17, 15) is 4.79 Å². The summed E-state index contributed by atoms with van der Waals surface area (Å²) in [6.07, 6.45) is 2.01. The highest BCUT2D eigenvalue weighted by atomic mass is 16.5. The summed E-state index contributed by atoms with van der Waals surface area (Å²) in [4.78, 5) is 16.3. The number of nitrogens with two attached hydrogens (primary N) is 1.